The van der Waals surface area contributed by atoms with Gasteiger partial charge in [0.05, 0.1) is 7.11 Å². The number of carbonyl (C=O) groups excluding carboxylic acids is 2. The Morgan fingerprint density at radius 1 is 0.938 bits per heavy atom. The summed E-state index contributed by atoms with van der Waals surface area (Å²) >= 11 is 0. The van der Waals surface area contributed by atoms with Gasteiger partial charge in [0, 0.05) is 13.5 Å². The average molecular weight is 463 g/mol. The molecule has 0 spiro atoms. The van der Waals surface area contributed by atoms with E-state index in [1.807, 2.05) is 60.7 Å². The summed E-state index contributed by atoms with van der Waals surface area (Å²) in [6.07, 6.45) is -1.83. The molecule has 0 fully saturated rings. The number of hydrogen-bond acceptors (Lipinski definition) is 7. The number of methoxy groups -OCH3 is 1. The summed E-state index contributed by atoms with van der Waals surface area (Å²) in [4.78, 5) is 24.8. The predicted molar refractivity (Wildman–Crippen MR) is 120 cm³/mol. The van der Waals surface area contributed by atoms with Crippen LogP contribution in [0.5, 0.6) is 0 Å². The molecule has 0 aliphatic rings. The first-order valence-electron chi connectivity index (χ1n) is 10.2. The Hall–Kier alpha value is -2.67. The molecule has 8 nitrogen and oxygen atoms in total. The zero-order valence-corrected chi connectivity index (χ0v) is 19.6. The summed E-state index contributed by atoms with van der Waals surface area (Å²) < 4.78 is 34.7. The maximum atomic E-state index is 13.6. The largest absolute Gasteiger partial charge is 0.467 e. The van der Waals surface area contributed by atoms with Gasteiger partial charge in [0.1, 0.15) is 12.4 Å². The van der Waals surface area contributed by atoms with Crippen LogP contribution in [-0.2, 0) is 40.9 Å². The van der Waals surface area contributed by atoms with E-state index in [1.54, 1.807) is 13.8 Å². The van der Waals surface area contributed by atoms with Crippen LogP contribution in [0.25, 0.3) is 0 Å². The summed E-state index contributed by atoms with van der Waals surface area (Å²) in [6.45, 7) is 3.55. The molecule has 9 heteroatoms. The summed E-state index contributed by atoms with van der Waals surface area (Å²) in [5.41, 5.74) is 1.60. The molecule has 1 unspecified atom stereocenters. The van der Waals surface area contributed by atoms with Crippen molar-refractivity contribution < 1.29 is 32.7 Å². The van der Waals surface area contributed by atoms with Crippen LogP contribution in [0.1, 0.15) is 25.0 Å². The fourth-order valence-corrected chi connectivity index (χ4v) is 4.97. The predicted octanol–water partition coefficient (Wildman–Crippen LogP) is 4.54. The normalized spacial score (nSPS) is 14.8. The molecule has 2 aromatic carbocycles. The van der Waals surface area contributed by atoms with E-state index in [0.29, 0.717) is 0 Å². The number of benzene rings is 2. The quantitative estimate of drug-likeness (QED) is 0.386. The standard InChI is InChI=1S/C23H30NO7P/c1-17(2)21(24-23(26)30-16-19-13-9-6-10-14-19)32(27,29-4)31-20(22(25)28-3)15-18-11-7-5-8-12-18/h5-14,17,20-21H,15-16H2,1-4H3,(H,24,26)/t20-,21+,32?/m0/s1. The molecule has 0 saturated heterocycles. The van der Waals surface area contributed by atoms with Gasteiger partial charge in [0.15, 0.2) is 6.10 Å². The van der Waals surface area contributed by atoms with E-state index in [4.69, 9.17) is 18.5 Å². The molecule has 32 heavy (non-hydrogen) atoms. The lowest BCUT2D eigenvalue weighted by Gasteiger charge is -2.31. The van der Waals surface area contributed by atoms with Crippen molar-refractivity contribution in [2.45, 2.75) is 38.8 Å². The van der Waals surface area contributed by atoms with E-state index in [2.05, 4.69) is 5.32 Å². The van der Waals surface area contributed by atoms with Gasteiger partial charge in [-0.25, -0.2) is 9.59 Å². The Labute approximate surface area is 188 Å². The fraction of sp³-hybridized carbons (Fsp3) is 0.391. The van der Waals surface area contributed by atoms with Gasteiger partial charge in [-0.1, -0.05) is 74.5 Å². The van der Waals surface area contributed by atoms with Crippen LogP contribution in [0.2, 0.25) is 0 Å². The van der Waals surface area contributed by atoms with Crippen molar-refractivity contribution in [3.05, 3.63) is 71.8 Å². The number of ether oxygens (including phenoxy) is 2. The Bertz CT molecular complexity index is 905. The summed E-state index contributed by atoms with van der Waals surface area (Å²) in [6, 6.07) is 18.3. The smallest absolute Gasteiger partial charge is 0.408 e. The Morgan fingerprint density at radius 2 is 1.50 bits per heavy atom. The number of esters is 1. The molecule has 3 atom stereocenters. The van der Waals surface area contributed by atoms with Crippen molar-refractivity contribution in [2.75, 3.05) is 14.2 Å². The van der Waals surface area contributed by atoms with Gasteiger partial charge in [-0.05, 0) is 17.0 Å². The lowest BCUT2D eigenvalue weighted by Crippen LogP contribution is -2.41. The van der Waals surface area contributed by atoms with Gasteiger partial charge in [-0.15, -0.1) is 0 Å². The van der Waals surface area contributed by atoms with E-state index in [-0.39, 0.29) is 18.9 Å². The van der Waals surface area contributed by atoms with Crippen LogP contribution < -0.4 is 5.32 Å². The highest BCUT2D eigenvalue weighted by Gasteiger charge is 2.43. The van der Waals surface area contributed by atoms with Crippen LogP contribution in [0, 0.1) is 5.92 Å². The molecule has 0 aromatic heterocycles. The Kier molecular flexibility index (Phi) is 9.91. The molecule has 0 saturated carbocycles. The molecule has 1 N–H and O–H groups in total. The summed E-state index contributed by atoms with van der Waals surface area (Å²) in [5, 5.41) is 2.58. The molecule has 174 valence electrons. The van der Waals surface area contributed by atoms with Crippen molar-refractivity contribution >= 4 is 19.7 Å². The van der Waals surface area contributed by atoms with E-state index in [1.165, 1.54) is 14.2 Å². The number of hydrogen-bond donors (Lipinski definition) is 1. The molecular formula is C23H30NO7P. The third-order valence-corrected chi connectivity index (χ3v) is 7.17. The second-order valence-corrected chi connectivity index (χ2v) is 9.64. The highest BCUT2D eigenvalue weighted by atomic mass is 31.2. The monoisotopic (exact) mass is 463 g/mol. The van der Waals surface area contributed by atoms with Gasteiger partial charge >= 0.3 is 19.7 Å². The van der Waals surface area contributed by atoms with Crippen LogP contribution in [0.4, 0.5) is 4.79 Å². The van der Waals surface area contributed by atoms with Crippen molar-refractivity contribution in [1.29, 1.82) is 0 Å². The Morgan fingerprint density at radius 3 is 2.00 bits per heavy atom. The summed E-state index contributed by atoms with van der Waals surface area (Å²) in [7, 11) is -1.55. The van der Waals surface area contributed by atoms with Crippen LogP contribution in [-0.4, -0.2) is 38.2 Å². The fourth-order valence-electron chi connectivity index (χ4n) is 3.02. The minimum absolute atomic E-state index is 0.0500. The zero-order valence-electron chi connectivity index (χ0n) is 18.7. The second-order valence-electron chi connectivity index (χ2n) is 7.42. The van der Waals surface area contributed by atoms with Crippen molar-refractivity contribution in [2.24, 2.45) is 5.92 Å². The topological polar surface area (TPSA) is 100 Å². The highest BCUT2D eigenvalue weighted by Crippen LogP contribution is 2.55. The van der Waals surface area contributed by atoms with E-state index in [9.17, 15) is 14.2 Å². The number of carbonyl (C=O) groups is 2. The van der Waals surface area contributed by atoms with Gasteiger partial charge in [-0.2, -0.15) is 0 Å². The first kappa shape index (κ1) is 25.6. The average Bonchev–Trinajstić information content (AvgIpc) is 2.81. The minimum Gasteiger partial charge on any atom is -0.467 e. The van der Waals surface area contributed by atoms with Crippen molar-refractivity contribution in [1.82, 2.24) is 5.32 Å². The van der Waals surface area contributed by atoms with Crippen molar-refractivity contribution in [3.63, 3.8) is 0 Å². The molecule has 1 amide bonds. The number of rotatable bonds is 11. The lowest BCUT2D eigenvalue weighted by molar-refractivity contribution is -0.149. The molecule has 2 rings (SSSR count). The van der Waals surface area contributed by atoms with Crippen molar-refractivity contribution in [3.8, 4) is 0 Å². The van der Waals surface area contributed by atoms with E-state index >= 15 is 0 Å². The lowest BCUT2D eigenvalue weighted by atomic mass is 10.1. The molecule has 0 heterocycles. The number of amides is 1. The van der Waals surface area contributed by atoms with E-state index < -0.39 is 31.5 Å². The van der Waals surface area contributed by atoms with Gasteiger partial charge in [0.25, 0.3) is 0 Å². The maximum absolute atomic E-state index is 13.6. The summed E-state index contributed by atoms with van der Waals surface area (Å²) in [5.74, 6) is -2.08. The van der Waals surface area contributed by atoms with Crippen LogP contribution in [0.3, 0.4) is 0 Å². The molecular weight excluding hydrogens is 433 g/mol. The maximum Gasteiger partial charge on any atom is 0.408 e. The Balaban J connectivity index is 2.15. The molecule has 0 bridgehead atoms. The molecule has 2 aromatic rings. The van der Waals surface area contributed by atoms with Gasteiger partial charge in [-0.3, -0.25) is 9.09 Å². The third kappa shape index (κ3) is 7.48. The van der Waals surface area contributed by atoms with Gasteiger partial charge in [0.2, 0.25) is 0 Å². The van der Waals surface area contributed by atoms with Gasteiger partial charge < -0.3 is 19.3 Å². The SMILES string of the molecule is COC(=O)[C@H](Cc1ccccc1)OP(=O)(OC)[C@@H](NC(=O)OCc1ccccc1)C(C)C. The first-order chi connectivity index (χ1) is 15.3. The first-order valence-corrected chi connectivity index (χ1v) is 11.8. The van der Waals surface area contributed by atoms with Crippen LogP contribution in [0.15, 0.2) is 60.7 Å². The second kappa shape index (κ2) is 12.4. The zero-order chi connectivity index (χ0) is 23.6. The van der Waals surface area contributed by atoms with E-state index in [0.717, 1.165) is 11.1 Å². The molecule has 0 aliphatic heterocycles. The molecule has 0 aliphatic carbocycles. The number of nitrogens with one attached hydrogen (secondary N) is 1. The van der Waals surface area contributed by atoms with Crippen LogP contribution >= 0.6 is 7.60 Å². The molecule has 0 radical (unpaired) electrons. The minimum atomic E-state index is -3.99. The highest BCUT2D eigenvalue weighted by molar-refractivity contribution is 7.54. The number of alkyl carbamates (subject to hydrolysis) is 1. The third-order valence-electron chi connectivity index (χ3n) is 4.71.